The molecular formula is C17H14N2O2. The molecule has 1 aromatic carbocycles. The highest BCUT2D eigenvalue weighted by Gasteiger charge is 2.27. The zero-order valence-electron chi connectivity index (χ0n) is 11.8. The summed E-state index contributed by atoms with van der Waals surface area (Å²) in [5.41, 5.74) is 3.71. The van der Waals surface area contributed by atoms with E-state index in [9.17, 15) is 9.59 Å². The number of anilines is 1. The summed E-state index contributed by atoms with van der Waals surface area (Å²) in [5.74, 6) is -0.459. The molecule has 0 radical (unpaired) electrons. The fraction of sp³-hybridized carbons (Fsp3) is 0.118. The first kappa shape index (κ1) is 13.2. The Hall–Kier alpha value is -2.75. The van der Waals surface area contributed by atoms with Gasteiger partial charge in [0.25, 0.3) is 0 Å². The van der Waals surface area contributed by atoms with Gasteiger partial charge >= 0.3 is 0 Å². The van der Waals surface area contributed by atoms with Gasteiger partial charge in [0.1, 0.15) is 5.69 Å². The van der Waals surface area contributed by atoms with Crippen LogP contribution in [0.25, 0.3) is 0 Å². The lowest BCUT2D eigenvalue weighted by atomic mass is 9.97. The Morgan fingerprint density at radius 1 is 1.00 bits per heavy atom. The summed E-state index contributed by atoms with van der Waals surface area (Å²) in [4.78, 5) is 28.6. The molecule has 1 aliphatic rings. The number of hydrogen-bond acceptors (Lipinski definition) is 4. The van der Waals surface area contributed by atoms with E-state index >= 15 is 0 Å². The Labute approximate surface area is 122 Å². The van der Waals surface area contributed by atoms with Crippen LogP contribution in [-0.2, 0) is 0 Å². The van der Waals surface area contributed by atoms with Gasteiger partial charge in [0, 0.05) is 18.0 Å². The molecule has 1 N–H and O–H groups in total. The second-order valence-electron chi connectivity index (χ2n) is 5.04. The number of fused-ring (bicyclic) bond motifs is 1. The molecule has 3 rings (SSSR count). The molecule has 0 saturated carbocycles. The number of para-hydroxylation sites is 1. The topological polar surface area (TPSA) is 59.1 Å². The molecule has 0 aliphatic heterocycles. The van der Waals surface area contributed by atoms with E-state index in [1.165, 1.54) is 12.3 Å². The van der Waals surface area contributed by atoms with Crippen LogP contribution in [0.4, 0.5) is 5.69 Å². The average molecular weight is 278 g/mol. The first-order valence-corrected chi connectivity index (χ1v) is 6.67. The van der Waals surface area contributed by atoms with E-state index in [1.807, 2.05) is 32.0 Å². The van der Waals surface area contributed by atoms with Crippen molar-refractivity contribution in [3.05, 3.63) is 70.7 Å². The maximum atomic E-state index is 12.4. The molecule has 1 aromatic heterocycles. The number of nitrogens with one attached hydrogen (secondary N) is 1. The van der Waals surface area contributed by atoms with Crippen molar-refractivity contribution in [3.8, 4) is 0 Å². The fourth-order valence-corrected chi connectivity index (χ4v) is 2.43. The molecule has 0 saturated heterocycles. The Morgan fingerprint density at radius 2 is 1.71 bits per heavy atom. The molecule has 0 amide bonds. The summed E-state index contributed by atoms with van der Waals surface area (Å²) >= 11 is 0. The highest BCUT2D eigenvalue weighted by molar-refractivity contribution is 6.24. The van der Waals surface area contributed by atoms with Crippen LogP contribution in [0.3, 0.4) is 0 Å². The van der Waals surface area contributed by atoms with Gasteiger partial charge in [-0.15, -0.1) is 0 Å². The van der Waals surface area contributed by atoms with Crippen molar-refractivity contribution < 1.29 is 9.59 Å². The van der Waals surface area contributed by atoms with Gasteiger partial charge in [-0.3, -0.25) is 14.6 Å². The number of aromatic nitrogens is 1. The van der Waals surface area contributed by atoms with Gasteiger partial charge in [-0.1, -0.05) is 18.2 Å². The number of rotatable bonds is 2. The lowest BCUT2D eigenvalue weighted by Gasteiger charge is -2.18. The highest BCUT2D eigenvalue weighted by Crippen LogP contribution is 2.25. The van der Waals surface area contributed by atoms with Gasteiger partial charge in [0.05, 0.1) is 11.3 Å². The first-order chi connectivity index (χ1) is 10.1. The van der Waals surface area contributed by atoms with Crippen molar-refractivity contribution in [2.24, 2.45) is 0 Å². The molecule has 1 aliphatic carbocycles. The largest absolute Gasteiger partial charge is 0.352 e. The van der Waals surface area contributed by atoms with Crippen molar-refractivity contribution in [1.29, 1.82) is 0 Å². The molecule has 4 nitrogen and oxygen atoms in total. The summed E-state index contributed by atoms with van der Waals surface area (Å²) in [6.45, 7) is 3.91. The summed E-state index contributed by atoms with van der Waals surface area (Å²) in [5, 5.41) is 3.09. The smallest absolute Gasteiger partial charge is 0.228 e. The second-order valence-corrected chi connectivity index (χ2v) is 5.04. The van der Waals surface area contributed by atoms with Crippen LogP contribution in [-0.4, -0.2) is 16.6 Å². The molecule has 0 spiro atoms. The summed E-state index contributed by atoms with van der Waals surface area (Å²) in [6, 6.07) is 9.14. The number of benzene rings is 1. The number of aryl methyl sites for hydroxylation is 2. The third kappa shape index (κ3) is 2.25. The van der Waals surface area contributed by atoms with Crippen LogP contribution in [0.5, 0.6) is 0 Å². The molecule has 0 bridgehead atoms. The number of Topliss-reactive ketones (excluding diaryl/α,β-unsaturated/α-hetero) is 1. The SMILES string of the molecule is Cc1cccc(C)c1NC1=CC(=O)c2cccnc2C1=O. The van der Waals surface area contributed by atoms with Gasteiger partial charge in [-0.2, -0.15) is 0 Å². The number of carbonyl (C=O) groups excluding carboxylic acids is 2. The average Bonchev–Trinajstić information content (AvgIpc) is 2.48. The van der Waals surface area contributed by atoms with Crippen LogP contribution < -0.4 is 5.32 Å². The Balaban J connectivity index is 2.02. The summed E-state index contributed by atoms with van der Waals surface area (Å²) < 4.78 is 0. The number of allylic oxidation sites excluding steroid dienone is 2. The predicted molar refractivity (Wildman–Crippen MR) is 80.5 cm³/mol. The van der Waals surface area contributed by atoms with Crippen LogP contribution in [0.15, 0.2) is 48.3 Å². The maximum absolute atomic E-state index is 12.4. The van der Waals surface area contributed by atoms with Crippen molar-refractivity contribution >= 4 is 17.3 Å². The summed E-state index contributed by atoms with van der Waals surface area (Å²) in [7, 11) is 0. The van der Waals surface area contributed by atoms with Crippen molar-refractivity contribution in [2.75, 3.05) is 5.32 Å². The lowest BCUT2D eigenvalue weighted by molar-refractivity contribution is 0.0981. The van der Waals surface area contributed by atoms with E-state index in [2.05, 4.69) is 10.3 Å². The van der Waals surface area contributed by atoms with Crippen molar-refractivity contribution in [3.63, 3.8) is 0 Å². The number of hydrogen-bond donors (Lipinski definition) is 1. The maximum Gasteiger partial charge on any atom is 0.228 e. The molecule has 1 heterocycles. The number of carbonyl (C=O) groups is 2. The third-order valence-electron chi connectivity index (χ3n) is 3.55. The first-order valence-electron chi connectivity index (χ1n) is 6.67. The normalized spacial score (nSPS) is 13.7. The lowest BCUT2D eigenvalue weighted by Crippen LogP contribution is -2.23. The Kier molecular flexibility index (Phi) is 3.14. The van der Waals surface area contributed by atoms with Crippen LogP contribution in [0, 0.1) is 13.8 Å². The van der Waals surface area contributed by atoms with Gasteiger partial charge in [0.15, 0.2) is 5.78 Å². The van der Waals surface area contributed by atoms with E-state index in [4.69, 9.17) is 0 Å². The molecule has 4 heteroatoms. The second kappa shape index (κ2) is 4.98. The minimum Gasteiger partial charge on any atom is -0.352 e. The standard InChI is InChI=1S/C17H14N2O2/c1-10-5-3-6-11(2)15(10)19-13-9-14(20)12-7-4-8-18-16(12)17(13)21/h3-9,19H,1-2H3. The molecule has 0 atom stereocenters. The minimum absolute atomic E-state index is 0.202. The van der Waals surface area contributed by atoms with Crippen LogP contribution in [0.1, 0.15) is 32.0 Å². The molecular weight excluding hydrogens is 264 g/mol. The highest BCUT2D eigenvalue weighted by atomic mass is 16.1. The number of nitrogens with zero attached hydrogens (tertiary/aromatic N) is 1. The monoisotopic (exact) mass is 278 g/mol. The van der Waals surface area contributed by atoms with Gasteiger partial charge < -0.3 is 5.32 Å². The number of pyridine rings is 1. The minimum atomic E-state index is -0.257. The van der Waals surface area contributed by atoms with E-state index in [-0.39, 0.29) is 23.0 Å². The van der Waals surface area contributed by atoms with Crippen molar-refractivity contribution in [2.45, 2.75) is 13.8 Å². The van der Waals surface area contributed by atoms with E-state index in [0.717, 1.165) is 16.8 Å². The van der Waals surface area contributed by atoms with Crippen molar-refractivity contribution in [1.82, 2.24) is 4.98 Å². The summed E-state index contributed by atoms with van der Waals surface area (Å²) in [6.07, 6.45) is 2.87. The predicted octanol–water partition coefficient (Wildman–Crippen LogP) is 3.07. The molecule has 21 heavy (non-hydrogen) atoms. The molecule has 2 aromatic rings. The molecule has 104 valence electrons. The Bertz CT molecular complexity index is 771. The molecule has 0 unspecified atom stereocenters. The number of ketones is 2. The fourth-order valence-electron chi connectivity index (χ4n) is 2.43. The van der Waals surface area contributed by atoms with Gasteiger partial charge in [-0.05, 0) is 37.1 Å². The zero-order chi connectivity index (χ0) is 15.0. The Morgan fingerprint density at radius 3 is 2.43 bits per heavy atom. The third-order valence-corrected chi connectivity index (χ3v) is 3.55. The van der Waals surface area contributed by atoms with Gasteiger partial charge in [0.2, 0.25) is 5.78 Å². The quantitative estimate of drug-likeness (QED) is 0.917. The van der Waals surface area contributed by atoms with E-state index in [1.54, 1.807) is 12.1 Å². The van der Waals surface area contributed by atoms with E-state index < -0.39 is 0 Å². The van der Waals surface area contributed by atoms with Gasteiger partial charge in [-0.25, -0.2) is 0 Å². The van der Waals surface area contributed by atoms with Crippen LogP contribution in [0.2, 0.25) is 0 Å². The zero-order valence-corrected chi connectivity index (χ0v) is 11.8. The van der Waals surface area contributed by atoms with E-state index in [0.29, 0.717) is 5.56 Å². The van der Waals surface area contributed by atoms with Crippen LogP contribution >= 0.6 is 0 Å². The molecule has 0 fully saturated rings.